The van der Waals surface area contributed by atoms with Crippen LogP contribution in [0.25, 0.3) is 0 Å². The zero-order valence-corrected chi connectivity index (χ0v) is 16.1. The van der Waals surface area contributed by atoms with E-state index >= 15 is 0 Å². The normalized spacial score (nSPS) is 15.8. The molecule has 0 aliphatic carbocycles. The van der Waals surface area contributed by atoms with Crippen LogP contribution in [-0.2, 0) is 11.3 Å². The Balaban J connectivity index is 1.72. The van der Waals surface area contributed by atoms with Gasteiger partial charge in [0.25, 0.3) is 0 Å². The molecule has 1 aromatic rings. The Morgan fingerprint density at radius 1 is 1.32 bits per heavy atom. The molecule has 0 spiro atoms. The number of morpholine rings is 1. The maximum Gasteiger partial charge on any atom is 0.191 e. The molecule has 1 aromatic carbocycles. The highest BCUT2D eigenvalue weighted by molar-refractivity contribution is 7.98. The van der Waals surface area contributed by atoms with Crippen molar-refractivity contribution in [3.8, 4) is 5.75 Å². The van der Waals surface area contributed by atoms with Gasteiger partial charge in [-0.25, -0.2) is 0 Å². The summed E-state index contributed by atoms with van der Waals surface area (Å²) < 4.78 is 11.3. The van der Waals surface area contributed by atoms with Gasteiger partial charge in [-0.15, -0.1) is 0 Å². The lowest BCUT2D eigenvalue weighted by Gasteiger charge is -2.26. The van der Waals surface area contributed by atoms with Gasteiger partial charge in [-0.3, -0.25) is 9.89 Å². The van der Waals surface area contributed by atoms with Gasteiger partial charge in [0.2, 0.25) is 0 Å². The Morgan fingerprint density at radius 3 is 2.92 bits per heavy atom. The van der Waals surface area contributed by atoms with Crippen LogP contribution in [0, 0.1) is 0 Å². The summed E-state index contributed by atoms with van der Waals surface area (Å²) >= 11 is 1.82. The first kappa shape index (κ1) is 19.9. The highest BCUT2D eigenvalue weighted by Gasteiger charge is 2.09. The third kappa shape index (κ3) is 7.98. The summed E-state index contributed by atoms with van der Waals surface area (Å²) in [6, 6.07) is 8.22. The molecule has 2 N–H and O–H groups in total. The fourth-order valence-electron chi connectivity index (χ4n) is 2.54. The van der Waals surface area contributed by atoms with Crippen molar-refractivity contribution >= 4 is 17.7 Å². The van der Waals surface area contributed by atoms with E-state index in [9.17, 15) is 0 Å². The molecule has 0 unspecified atom stereocenters. The van der Waals surface area contributed by atoms with Gasteiger partial charge in [-0.2, -0.15) is 11.8 Å². The maximum atomic E-state index is 5.90. The molecular weight excluding hydrogens is 336 g/mol. The van der Waals surface area contributed by atoms with Crippen LogP contribution in [0.15, 0.2) is 29.3 Å². The van der Waals surface area contributed by atoms with E-state index in [2.05, 4.69) is 38.9 Å². The number of aliphatic imine (C=N–C) groups is 1. The third-order valence-corrected chi connectivity index (χ3v) is 4.57. The van der Waals surface area contributed by atoms with Gasteiger partial charge < -0.3 is 20.1 Å². The standard InChI is InChI=1S/C18H30N4O2S/c1-19-18(20-6-13-25-2)21-15-16-4-3-5-17(14-16)24-12-9-22-7-10-23-11-8-22/h3-5,14H,6-13,15H2,1-2H3,(H2,19,20,21). The summed E-state index contributed by atoms with van der Waals surface area (Å²) in [7, 11) is 1.79. The number of thioether (sulfide) groups is 1. The molecule has 0 radical (unpaired) electrons. The smallest absolute Gasteiger partial charge is 0.191 e. The van der Waals surface area contributed by atoms with Crippen LogP contribution in [0.3, 0.4) is 0 Å². The number of rotatable bonds is 9. The first-order chi connectivity index (χ1) is 12.3. The fraction of sp³-hybridized carbons (Fsp3) is 0.611. The van der Waals surface area contributed by atoms with Crippen LogP contribution in [0.2, 0.25) is 0 Å². The summed E-state index contributed by atoms with van der Waals surface area (Å²) in [5.41, 5.74) is 1.18. The SMILES string of the molecule is CN=C(NCCSC)NCc1cccc(OCCN2CCOCC2)c1. The van der Waals surface area contributed by atoms with Gasteiger partial charge in [0, 0.05) is 45.5 Å². The Kier molecular flexibility index (Phi) is 9.54. The summed E-state index contributed by atoms with van der Waals surface area (Å²) in [4.78, 5) is 6.61. The van der Waals surface area contributed by atoms with Crippen LogP contribution in [-0.4, -0.2) is 75.9 Å². The molecule has 1 heterocycles. The van der Waals surface area contributed by atoms with Gasteiger partial charge in [0.15, 0.2) is 5.96 Å². The van der Waals surface area contributed by atoms with Crippen molar-refractivity contribution < 1.29 is 9.47 Å². The molecule has 140 valence electrons. The van der Waals surface area contributed by atoms with E-state index in [-0.39, 0.29) is 0 Å². The Hall–Kier alpha value is -1.44. The van der Waals surface area contributed by atoms with E-state index in [1.807, 2.05) is 23.9 Å². The second-order valence-corrected chi connectivity index (χ2v) is 6.78. The molecule has 1 saturated heterocycles. The molecule has 0 bridgehead atoms. The van der Waals surface area contributed by atoms with Crippen molar-refractivity contribution in [1.82, 2.24) is 15.5 Å². The van der Waals surface area contributed by atoms with Crippen LogP contribution in [0.5, 0.6) is 5.75 Å². The predicted molar refractivity (Wildman–Crippen MR) is 106 cm³/mol. The average molecular weight is 367 g/mol. The van der Waals surface area contributed by atoms with E-state index in [4.69, 9.17) is 9.47 Å². The summed E-state index contributed by atoms with van der Waals surface area (Å²) in [5, 5.41) is 6.63. The molecule has 0 atom stereocenters. The number of nitrogens with one attached hydrogen (secondary N) is 2. The first-order valence-electron chi connectivity index (χ1n) is 8.77. The second kappa shape index (κ2) is 12.0. The topological polar surface area (TPSA) is 58.1 Å². The van der Waals surface area contributed by atoms with Crippen LogP contribution < -0.4 is 15.4 Å². The molecule has 0 aromatic heterocycles. The molecular formula is C18H30N4O2S. The molecule has 0 saturated carbocycles. The molecule has 0 amide bonds. The van der Waals surface area contributed by atoms with Crippen molar-refractivity contribution in [1.29, 1.82) is 0 Å². The summed E-state index contributed by atoms with van der Waals surface area (Å²) in [6.07, 6.45) is 2.10. The first-order valence-corrected chi connectivity index (χ1v) is 10.2. The lowest BCUT2D eigenvalue weighted by molar-refractivity contribution is 0.0322. The Labute approximate surface area is 155 Å². The molecule has 25 heavy (non-hydrogen) atoms. The molecule has 7 heteroatoms. The van der Waals surface area contributed by atoms with Crippen molar-refractivity contribution in [2.24, 2.45) is 4.99 Å². The fourth-order valence-corrected chi connectivity index (χ4v) is 2.85. The van der Waals surface area contributed by atoms with Gasteiger partial charge in [-0.05, 0) is 24.0 Å². The number of benzene rings is 1. The van der Waals surface area contributed by atoms with Gasteiger partial charge in [-0.1, -0.05) is 12.1 Å². The highest BCUT2D eigenvalue weighted by Crippen LogP contribution is 2.13. The molecule has 1 fully saturated rings. The van der Waals surface area contributed by atoms with Crippen molar-refractivity contribution in [2.45, 2.75) is 6.54 Å². The lowest BCUT2D eigenvalue weighted by Crippen LogP contribution is -2.38. The van der Waals surface area contributed by atoms with Gasteiger partial charge in [0.1, 0.15) is 12.4 Å². The minimum absolute atomic E-state index is 0.703. The number of nitrogens with zero attached hydrogens (tertiary/aromatic N) is 2. The average Bonchev–Trinajstić information content (AvgIpc) is 2.66. The predicted octanol–water partition coefficient (Wildman–Crippen LogP) is 1.43. The van der Waals surface area contributed by atoms with E-state index in [1.165, 1.54) is 5.56 Å². The largest absolute Gasteiger partial charge is 0.492 e. The Morgan fingerprint density at radius 2 is 2.16 bits per heavy atom. The number of hydrogen-bond donors (Lipinski definition) is 2. The van der Waals surface area contributed by atoms with E-state index < -0.39 is 0 Å². The number of hydrogen-bond acceptors (Lipinski definition) is 5. The van der Waals surface area contributed by atoms with Crippen LogP contribution in [0.1, 0.15) is 5.56 Å². The van der Waals surface area contributed by atoms with Crippen LogP contribution in [0.4, 0.5) is 0 Å². The van der Waals surface area contributed by atoms with Gasteiger partial charge >= 0.3 is 0 Å². The zero-order valence-electron chi connectivity index (χ0n) is 15.3. The van der Waals surface area contributed by atoms with Crippen molar-refractivity contribution in [3.63, 3.8) is 0 Å². The maximum absolute atomic E-state index is 5.90. The molecule has 6 nitrogen and oxygen atoms in total. The molecule has 1 aliphatic heterocycles. The lowest BCUT2D eigenvalue weighted by atomic mass is 10.2. The minimum atomic E-state index is 0.703. The summed E-state index contributed by atoms with van der Waals surface area (Å²) in [5.74, 6) is 2.80. The van der Waals surface area contributed by atoms with Crippen LogP contribution >= 0.6 is 11.8 Å². The van der Waals surface area contributed by atoms with E-state index in [1.54, 1.807) is 7.05 Å². The number of guanidine groups is 1. The monoisotopic (exact) mass is 366 g/mol. The van der Waals surface area contributed by atoms with Crippen molar-refractivity contribution in [3.05, 3.63) is 29.8 Å². The zero-order chi connectivity index (χ0) is 17.7. The number of ether oxygens (including phenoxy) is 2. The Bertz CT molecular complexity index is 522. The minimum Gasteiger partial charge on any atom is -0.492 e. The third-order valence-electron chi connectivity index (χ3n) is 3.96. The quantitative estimate of drug-likeness (QED) is 0.392. The second-order valence-electron chi connectivity index (χ2n) is 5.80. The summed E-state index contributed by atoms with van der Waals surface area (Å²) in [6.45, 7) is 6.92. The molecule has 1 aliphatic rings. The van der Waals surface area contributed by atoms with Crippen molar-refractivity contribution in [2.75, 3.05) is 65.1 Å². The van der Waals surface area contributed by atoms with Gasteiger partial charge in [0.05, 0.1) is 13.2 Å². The molecule has 2 rings (SSSR count). The van der Waals surface area contributed by atoms with E-state index in [0.717, 1.165) is 63.4 Å². The highest BCUT2D eigenvalue weighted by atomic mass is 32.2. The van der Waals surface area contributed by atoms with E-state index in [0.29, 0.717) is 6.61 Å².